The zero-order valence-electron chi connectivity index (χ0n) is 9.45. The lowest BCUT2D eigenvalue weighted by Gasteiger charge is -2.54. The lowest BCUT2D eigenvalue weighted by molar-refractivity contribution is 0.0775. The maximum Gasteiger partial charge on any atom is 0.431 e. The van der Waals surface area contributed by atoms with Gasteiger partial charge in [-0.05, 0) is 12.8 Å². The molecule has 1 atom stereocenters. The molecule has 3 nitrogen and oxygen atoms in total. The van der Waals surface area contributed by atoms with Crippen LogP contribution in [0, 0.1) is 0 Å². The molecule has 4 heteroatoms. The van der Waals surface area contributed by atoms with Crippen molar-refractivity contribution in [2.24, 2.45) is 0 Å². The molecular formula is C10H21NO2Si. The number of rotatable bonds is 3. The maximum atomic E-state index is 5.70. The third-order valence-electron chi connectivity index (χ3n) is 3.84. The molecule has 1 heterocycles. The summed E-state index contributed by atoms with van der Waals surface area (Å²) in [5.41, 5.74) is 0.623. The van der Waals surface area contributed by atoms with Crippen LogP contribution in [0.15, 0.2) is 0 Å². The van der Waals surface area contributed by atoms with Crippen molar-refractivity contribution < 1.29 is 8.85 Å². The van der Waals surface area contributed by atoms with Crippen molar-refractivity contribution in [3.63, 3.8) is 0 Å². The van der Waals surface area contributed by atoms with Gasteiger partial charge < -0.3 is 8.85 Å². The molecule has 0 N–H and O–H groups in total. The van der Waals surface area contributed by atoms with Crippen molar-refractivity contribution in [3.05, 3.63) is 0 Å². The Morgan fingerprint density at radius 1 is 1.14 bits per heavy atom. The molecule has 2 rings (SSSR count). The van der Waals surface area contributed by atoms with Gasteiger partial charge in [0.25, 0.3) is 0 Å². The smallest absolute Gasteiger partial charge is 0.386 e. The van der Waals surface area contributed by atoms with Crippen molar-refractivity contribution in [1.29, 1.82) is 0 Å². The van der Waals surface area contributed by atoms with E-state index in [0.29, 0.717) is 5.54 Å². The van der Waals surface area contributed by atoms with E-state index in [4.69, 9.17) is 8.85 Å². The lowest BCUT2D eigenvalue weighted by Crippen LogP contribution is -2.73. The summed E-state index contributed by atoms with van der Waals surface area (Å²) in [6.07, 6.45) is 5.45. The molecule has 1 unspecified atom stereocenters. The highest BCUT2D eigenvalue weighted by Gasteiger charge is 2.60. The van der Waals surface area contributed by atoms with Crippen LogP contribution in [0.3, 0.4) is 0 Å². The first-order valence-corrected chi connectivity index (χ1v) is 7.45. The first-order chi connectivity index (χ1) is 6.74. The summed E-state index contributed by atoms with van der Waals surface area (Å²) in [6.45, 7) is 3.43. The molecule has 82 valence electrons. The largest absolute Gasteiger partial charge is 0.431 e. The third kappa shape index (κ3) is 1.36. The summed E-state index contributed by atoms with van der Waals surface area (Å²) in [7, 11) is 1.67. The van der Waals surface area contributed by atoms with E-state index in [0.717, 1.165) is 6.04 Å². The highest BCUT2D eigenvalue weighted by atomic mass is 28.4. The zero-order chi connectivity index (χ0) is 10.2. The standard InChI is InChI=1S/C10H21NO2Si/c1-9-8-11(10-6-4-5-7-10)14(9,12-2)13-3/h9-10H,4-8H2,1-3H3. The minimum absolute atomic E-state index is 0.623. The fourth-order valence-electron chi connectivity index (χ4n) is 3.05. The summed E-state index contributed by atoms with van der Waals surface area (Å²) in [5.74, 6) is 0. The normalized spacial score (nSPS) is 33.2. The van der Waals surface area contributed by atoms with Gasteiger partial charge in [-0.3, -0.25) is 4.57 Å². The van der Waals surface area contributed by atoms with Crippen molar-refractivity contribution in [2.45, 2.75) is 44.2 Å². The van der Waals surface area contributed by atoms with Crippen LogP contribution < -0.4 is 0 Å². The van der Waals surface area contributed by atoms with E-state index in [1.807, 2.05) is 14.2 Å². The second kappa shape index (κ2) is 3.93. The van der Waals surface area contributed by atoms with Gasteiger partial charge in [0.05, 0.1) is 0 Å². The van der Waals surface area contributed by atoms with Crippen LogP contribution in [-0.4, -0.2) is 40.1 Å². The fourth-order valence-corrected chi connectivity index (χ4v) is 6.46. The van der Waals surface area contributed by atoms with Gasteiger partial charge in [-0.1, -0.05) is 19.8 Å². The summed E-state index contributed by atoms with van der Waals surface area (Å²) in [4.78, 5) is 0. The predicted octanol–water partition coefficient (Wildman–Crippen LogP) is 1.87. The summed E-state index contributed by atoms with van der Waals surface area (Å²) < 4.78 is 13.9. The van der Waals surface area contributed by atoms with Gasteiger partial charge in [0.15, 0.2) is 0 Å². The molecule has 1 saturated carbocycles. The zero-order valence-corrected chi connectivity index (χ0v) is 10.5. The molecule has 1 aliphatic carbocycles. The Bertz CT molecular complexity index is 202. The second-order valence-electron chi connectivity index (χ2n) is 4.53. The maximum absolute atomic E-state index is 5.70. The van der Waals surface area contributed by atoms with Crippen LogP contribution in [-0.2, 0) is 8.85 Å². The minimum atomic E-state index is -1.96. The van der Waals surface area contributed by atoms with E-state index in [-0.39, 0.29) is 0 Å². The number of hydrogen-bond donors (Lipinski definition) is 0. The molecule has 0 aromatic heterocycles. The van der Waals surface area contributed by atoms with Crippen LogP contribution in [0.1, 0.15) is 32.6 Å². The first kappa shape index (κ1) is 10.6. The summed E-state index contributed by atoms with van der Waals surface area (Å²) in [6, 6.07) is 0.748. The van der Waals surface area contributed by atoms with Crippen LogP contribution >= 0.6 is 0 Å². The molecule has 0 spiro atoms. The Morgan fingerprint density at radius 2 is 1.71 bits per heavy atom. The molecule has 2 aliphatic rings. The SMILES string of the molecule is CO[Si]1(OC)C(C)CN1C1CCCC1. The molecule has 1 saturated heterocycles. The van der Waals surface area contributed by atoms with Crippen LogP contribution in [0.2, 0.25) is 5.54 Å². The first-order valence-electron chi connectivity index (χ1n) is 5.61. The van der Waals surface area contributed by atoms with Gasteiger partial charge in [-0.2, -0.15) is 0 Å². The van der Waals surface area contributed by atoms with Gasteiger partial charge >= 0.3 is 8.72 Å². The minimum Gasteiger partial charge on any atom is -0.386 e. The second-order valence-corrected chi connectivity index (χ2v) is 8.17. The molecule has 1 aliphatic heterocycles. The van der Waals surface area contributed by atoms with E-state index >= 15 is 0 Å². The molecule has 0 amide bonds. The van der Waals surface area contributed by atoms with E-state index in [2.05, 4.69) is 11.5 Å². The van der Waals surface area contributed by atoms with E-state index in [9.17, 15) is 0 Å². The van der Waals surface area contributed by atoms with Gasteiger partial charge in [-0.15, -0.1) is 0 Å². The fraction of sp³-hybridized carbons (Fsp3) is 1.00. The van der Waals surface area contributed by atoms with E-state index in [1.165, 1.54) is 32.2 Å². The Labute approximate surface area is 87.7 Å². The van der Waals surface area contributed by atoms with Crippen molar-refractivity contribution in [1.82, 2.24) is 4.57 Å². The number of hydrogen-bond acceptors (Lipinski definition) is 3. The monoisotopic (exact) mass is 215 g/mol. The van der Waals surface area contributed by atoms with Gasteiger partial charge in [-0.25, -0.2) is 0 Å². The Balaban J connectivity index is 2.05. The Morgan fingerprint density at radius 3 is 2.14 bits per heavy atom. The lowest BCUT2D eigenvalue weighted by atomic mass is 10.2. The third-order valence-corrected chi connectivity index (χ3v) is 7.79. The van der Waals surface area contributed by atoms with Crippen LogP contribution in [0.4, 0.5) is 0 Å². The quantitative estimate of drug-likeness (QED) is 0.671. The highest BCUT2D eigenvalue weighted by Crippen LogP contribution is 2.42. The Hall–Kier alpha value is 0.0969. The molecule has 14 heavy (non-hydrogen) atoms. The van der Waals surface area contributed by atoms with Gasteiger partial charge in [0, 0.05) is 32.3 Å². The predicted molar refractivity (Wildman–Crippen MR) is 58.2 cm³/mol. The summed E-state index contributed by atoms with van der Waals surface area (Å²) >= 11 is 0. The molecule has 0 aromatic rings. The Kier molecular flexibility index (Phi) is 2.97. The molecular weight excluding hydrogens is 194 g/mol. The molecule has 2 fully saturated rings. The van der Waals surface area contributed by atoms with E-state index < -0.39 is 8.72 Å². The van der Waals surface area contributed by atoms with Crippen molar-refractivity contribution in [2.75, 3.05) is 20.8 Å². The van der Waals surface area contributed by atoms with Gasteiger partial charge in [0.2, 0.25) is 0 Å². The average molecular weight is 215 g/mol. The molecule has 0 bridgehead atoms. The average Bonchev–Trinajstić information content (AvgIpc) is 2.69. The molecule has 0 aromatic carbocycles. The van der Waals surface area contributed by atoms with E-state index in [1.54, 1.807) is 0 Å². The highest BCUT2D eigenvalue weighted by molar-refractivity contribution is 6.68. The van der Waals surface area contributed by atoms with Crippen molar-refractivity contribution in [3.8, 4) is 0 Å². The van der Waals surface area contributed by atoms with Crippen LogP contribution in [0.5, 0.6) is 0 Å². The van der Waals surface area contributed by atoms with Crippen LogP contribution in [0.25, 0.3) is 0 Å². The molecule has 0 radical (unpaired) electrons. The number of nitrogens with zero attached hydrogens (tertiary/aromatic N) is 1. The summed E-state index contributed by atoms with van der Waals surface area (Å²) in [5, 5.41) is 0. The van der Waals surface area contributed by atoms with Gasteiger partial charge in [0.1, 0.15) is 0 Å². The topological polar surface area (TPSA) is 21.7 Å². The van der Waals surface area contributed by atoms with Crippen molar-refractivity contribution >= 4 is 8.72 Å².